The molecule has 11 N–H and O–H groups in total. The Bertz CT molecular complexity index is 4740. The Labute approximate surface area is 811 Å². The van der Waals surface area contributed by atoms with E-state index in [1.165, 1.54) is 20.3 Å². The molecule has 3 aliphatic heterocycles. The molecule has 0 aromatic heterocycles. The van der Waals surface area contributed by atoms with Crippen LogP contribution < -0.4 is 5.32 Å². The monoisotopic (exact) mass is 1940 g/mol. The number of nitrogens with one attached hydrogen (secondary N) is 1. The summed E-state index contributed by atoms with van der Waals surface area (Å²) in [6, 6.07) is -0.902. The zero-order chi connectivity index (χ0) is 102. The molecule has 3 saturated heterocycles. The highest BCUT2D eigenvalue weighted by Crippen LogP contribution is 2.94. The van der Waals surface area contributed by atoms with Gasteiger partial charge in [0.25, 0.3) is 0 Å². The van der Waals surface area contributed by atoms with Gasteiger partial charge in [-0.1, -0.05) is 96.9 Å². The predicted octanol–water partition coefficient (Wildman–Crippen LogP) is 18.6. The summed E-state index contributed by atoms with van der Waals surface area (Å²) in [6.07, 6.45) is 19.5. The average Bonchev–Trinajstić information content (AvgIpc) is 1.46. The number of carbonyl (C=O) groups excluding carboxylic acids is 4. The average molecular weight is 1940 g/mol. The molecule has 22 nitrogen and oxygen atoms in total. The second-order valence-corrected chi connectivity index (χ2v) is 55.5. The molecule has 0 radical (unpaired) electrons. The maximum Gasteiger partial charge on any atom is 0.408 e. The SMILES string of the molecule is CC(=O)O[C@H]1CC[C@]23CC24CC[C@]2(C)[C@@H]([C@@]5(C)CC[C@@H](C(C)(C)O)O5)[C@@H](O)C[C@@]2(C)C4C[C@H](O)[C@H]3C1(C)C.CC(=O)O[C@H]1CC[C@]23CC24CC[C@]2(C)[C@@H]([C@@]5(C)CC[C@@H](C(C)(C)O)O5)[C@@H](O)C[C@@]2(C)C4C[C@H](OC(=O)[C@@H](NC(=O)OC(C)(C)C)C(C)C)[C@H]3C1(C)C.CC(C)(O)[C@@H]1CC[C@](C)([C@H]2[C@@H](O)C[C@@]3(C)C4C[C@H](O)[C@H]5C(C)(C)[C@@H](O)CC[C@@]56CC46CC[C@]23C)O1.Oc1c(F)c(F)c(F)c(F)c1F. The van der Waals surface area contributed by atoms with Crippen LogP contribution in [-0.2, 0) is 47.5 Å². The largest absolute Gasteiger partial charge is 0.503 e. The second-order valence-electron chi connectivity index (χ2n) is 55.5. The minimum absolute atomic E-state index is 0.00501. The van der Waals surface area contributed by atoms with E-state index >= 15 is 0 Å². The third kappa shape index (κ3) is 15.3. The van der Waals surface area contributed by atoms with Crippen molar-refractivity contribution in [2.45, 2.75) is 486 Å². The molecule has 1 aromatic rings. The maximum absolute atomic E-state index is 14.3. The first kappa shape index (κ1) is 106. The smallest absolute Gasteiger partial charge is 0.408 e. The molecule has 1 aromatic carbocycles. The molecule has 1 amide bonds. The Morgan fingerprint density at radius 3 is 1.01 bits per heavy atom. The van der Waals surface area contributed by atoms with Crippen molar-refractivity contribution in [2.75, 3.05) is 0 Å². The van der Waals surface area contributed by atoms with Crippen LogP contribution in [0, 0.1) is 169 Å². The van der Waals surface area contributed by atoms with Gasteiger partial charge in [-0.05, 0) is 362 Å². The van der Waals surface area contributed by atoms with Crippen LogP contribution in [0.5, 0.6) is 5.75 Å². The molecule has 6 spiro atoms. The van der Waals surface area contributed by atoms with Gasteiger partial charge in [-0.3, -0.25) is 9.59 Å². The number of alkyl carbamates (subject to hydrolysis) is 1. The first-order chi connectivity index (χ1) is 62.5. The molecule has 6 unspecified atom stereocenters. The molecule has 19 rings (SSSR count). The van der Waals surface area contributed by atoms with E-state index in [-0.39, 0.29) is 172 Å². The van der Waals surface area contributed by atoms with E-state index in [1.807, 2.05) is 55.4 Å². The molecule has 0 bridgehead atoms. The van der Waals surface area contributed by atoms with Gasteiger partial charge >= 0.3 is 24.0 Å². The highest BCUT2D eigenvalue weighted by Gasteiger charge is 2.90. The lowest BCUT2D eigenvalue weighted by Crippen LogP contribution is -2.63. The summed E-state index contributed by atoms with van der Waals surface area (Å²) >= 11 is 0. The molecule has 778 valence electrons. The number of rotatable bonds is 12. The number of aliphatic hydroxyl groups is 9. The van der Waals surface area contributed by atoms with Gasteiger partial charge in [0.1, 0.15) is 30.0 Å². The summed E-state index contributed by atoms with van der Waals surface area (Å²) in [5.74, 6) is -13.1. The number of phenolic OH excluding ortho intramolecular Hbond substituents is 1. The van der Waals surface area contributed by atoms with E-state index in [2.05, 4.69) is 109 Å². The fourth-order valence-electron chi connectivity index (χ4n) is 39.0. The topological polar surface area (TPSA) is 347 Å². The van der Waals surface area contributed by atoms with Gasteiger partial charge in [0.2, 0.25) is 29.1 Å². The third-order valence-electron chi connectivity index (χ3n) is 44.9. The Hall–Kier alpha value is -4.13. The number of ether oxygens (including phenoxy) is 7. The van der Waals surface area contributed by atoms with E-state index in [9.17, 15) is 87.1 Å². The second kappa shape index (κ2) is 32.9. The number of amides is 1. The number of fused-ring (bicyclic) bond motifs is 6. The Kier molecular flexibility index (Phi) is 25.4. The zero-order valence-corrected chi connectivity index (χ0v) is 87.7. The molecule has 37 atom stereocenters. The van der Waals surface area contributed by atoms with Crippen molar-refractivity contribution in [1.29, 1.82) is 0 Å². The van der Waals surface area contributed by atoms with Gasteiger partial charge < -0.3 is 89.5 Å². The van der Waals surface area contributed by atoms with Crippen LogP contribution in [0.1, 0.15) is 367 Å². The number of aliphatic hydroxyl groups excluding tert-OH is 6. The first-order valence-electron chi connectivity index (χ1n) is 52.5. The normalized spacial score (nSPS) is 49.5. The molecule has 15 saturated carbocycles. The van der Waals surface area contributed by atoms with Crippen LogP contribution in [0.4, 0.5) is 26.7 Å². The van der Waals surface area contributed by atoms with Gasteiger partial charge in [0.15, 0.2) is 5.75 Å². The number of halogens is 5. The van der Waals surface area contributed by atoms with E-state index in [1.54, 1.807) is 20.8 Å². The highest BCUT2D eigenvalue weighted by molar-refractivity contribution is 5.82. The number of esters is 3. The van der Waals surface area contributed by atoms with Gasteiger partial charge in [0, 0.05) is 48.3 Å². The van der Waals surface area contributed by atoms with Crippen molar-refractivity contribution in [1.82, 2.24) is 5.32 Å². The summed E-state index contributed by atoms with van der Waals surface area (Å²) in [7, 11) is 0. The van der Waals surface area contributed by atoms with Crippen LogP contribution >= 0.6 is 0 Å². The molecular formula is C110H172F5NO21. The predicted molar refractivity (Wildman–Crippen MR) is 502 cm³/mol. The number of hydrogen-bond donors (Lipinski definition) is 11. The van der Waals surface area contributed by atoms with Crippen LogP contribution in [0.3, 0.4) is 0 Å². The number of phenols is 1. The van der Waals surface area contributed by atoms with Crippen molar-refractivity contribution >= 4 is 24.0 Å². The quantitative estimate of drug-likeness (QED) is 0.0304. The molecule has 3 heterocycles. The zero-order valence-electron chi connectivity index (χ0n) is 87.7. The van der Waals surface area contributed by atoms with Crippen LogP contribution in [0.25, 0.3) is 0 Å². The first-order valence-corrected chi connectivity index (χ1v) is 52.5. The fourth-order valence-corrected chi connectivity index (χ4v) is 39.0. The number of hydrogen-bond acceptors (Lipinski definition) is 21. The van der Waals surface area contributed by atoms with Crippen molar-refractivity contribution in [3.63, 3.8) is 0 Å². The summed E-state index contributed by atoms with van der Waals surface area (Å²) in [4.78, 5) is 51.5. The van der Waals surface area contributed by atoms with E-state index in [4.69, 9.17) is 38.3 Å². The van der Waals surface area contributed by atoms with Crippen LogP contribution in [0.15, 0.2) is 0 Å². The van der Waals surface area contributed by atoms with E-state index in [0.717, 1.165) is 154 Å². The maximum atomic E-state index is 14.3. The Morgan fingerprint density at radius 2 is 0.693 bits per heavy atom. The summed E-state index contributed by atoms with van der Waals surface area (Å²) in [5.41, 5.74) is -6.22. The summed E-state index contributed by atoms with van der Waals surface area (Å²) < 4.78 is 105. The molecule has 18 fully saturated rings. The van der Waals surface area contributed by atoms with Gasteiger partial charge in [-0.15, -0.1) is 0 Å². The summed E-state index contributed by atoms with van der Waals surface area (Å²) in [5, 5.41) is 114. The number of aromatic hydroxyl groups is 1. The van der Waals surface area contributed by atoms with Crippen LogP contribution in [0.2, 0.25) is 0 Å². The van der Waals surface area contributed by atoms with Gasteiger partial charge in [0.05, 0.1) is 88.5 Å². The molecule has 27 heteroatoms. The molecule has 15 aliphatic carbocycles. The van der Waals surface area contributed by atoms with Crippen molar-refractivity contribution in [2.24, 2.45) is 140 Å². The number of carbonyl (C=O) groups is 4. The van der Waals surface area contributed by atoms with Crippen LogP contribution in [-0.4, -0.2) is 194 Å². The number of benzene rings is 1. The van der Waals surface area contributed by atoms with Crippen molar-refractivity contribution in [3.05, 3.63) is 29.1 Å². The van der Waals surface area contributed by atoms with Gasteiger partial charge in [-0.25, -0.2) is 22.8 Å². The highest BCUT2D eigenvalue weighted by atomic mass is 19.2. The van der Waals surface area contributed by atoms with Crippen molar-refractivity contribution < 1.29 is 125 Å². The molecular weight excluding hydrogens is 1770 g/mol. The lowest BCUT2D eigenvalue weighted by Gasteiger charge is -2.64. The lowest BCUT2D eigenvalue weighted by molar-refractivity contribution is -0.225. The Morgan fingerprint density at radius 1 is 0.380 bits per heavy atom. The lowest BCUT2D eigenvalue weighted by atomic mass is 9.41. The Balaban J connectivity index is 0.000000142. The minimum Gasteiger partial charge on any atom is -0.503 e. The fraction of sp³-hybridized carbons (Fsp3) is 0.909. The standard InChI is InChI=1S/C42H69NO9.C32H52O6.C30H50O5.C6HF5O/c1-23(2)30(43-34(47)52-35(4,5)6)33(46)50-26-20-27-39(12)21-25(45)31(40(13)16-14-29(51-40)37(9,10)48)38(39,11)18-19-41(27)22-42(41)17-15-28(49-24(3)44)36(7,8)32(26)42;1-18(33)37-22-10-12-32-17-31(32)14-13-28(6)25(30(8)11-9-23(38-30)27(4,5)36)20(35)16-29(28,7)21(31)15-19(34)24(32)26(22,2)3;1-24(2)20(33)8-11-30-16-29(30)13-12-26(5)23(28(7)10-9-21(35-28)25(3,4)34)18(32)15-27(26,6)19(29)14-17(31)22(24)30;7-1-2(8)4(10)6(12)5(11)3(1)9/h23,25-32,45,48H,14-22H2,1-13H3,(H,43,47);19-25,34-36H,9-17H2,1-8H3;17-23,31-34H,8-16H2,1-7H3;12H/t25-,26-,27?,28-,29-,30-,31-,32-,38+,39-,40+,41?,42+;19-,20-,21?,22-,23-,24-,25-,28+,29-,30+,31?,32+;17-,18-,19?,20-,21-,22-,23-,26+,27-,28+,29?,30+;/m000./s1. The van der Waals surface area contributed by atoms with E-state index in [0.29, 0.717) is 24.7 Å². The van der Waals surface area contributed by atoms with Crippen molar-refractivity contribution in [3.8, 4) is 5.75 Å². The summed E-state index contributed by atoms with van der Waals surface area (Å²) in [6.45, 7) is 57.1. The van der Waals surface area contributed by atoms with Gasteiger partial charge in [-0.2, -0.15) is 8.78 Å². The molecule has 137 heavy (non-hydrogen) atoms. The molecule has 18 aliphatic rings. The third-order valence-corrected chi connectivity index (χ3v) is 44.9. The van der Waals surface area contributed by atoms with E-state index < -0.39 is 134 Å². The minimum atomic E-state index is -2.29.